The van der Waals surface area contributed by atoms with Crippen molar-refractivity contribution < 1.29 is 19.8 Å². The molecule has 2 heterocycles. The molecular formula is C14H16BaN4O6. The van der Waals surface area contributed by atoms with Gasteiger partial charge in [0.1, 0.15) is 0 Å². The summed E-state index contributed by atoms with van der Waals surface area (Å²) in [6.07, 6.45) is 2.96. The molecule has 0 aliphatic rings. The number of aliphatic carboxylic acids is 2. The number of aromatic nitrogens is 4. The van der Waals surface area contributed by atoms with Crippen LogP contribution in [0, 0.1) is 0 Å². The van der Waals surface area contributed by atoms with Gasteiger partial charge in [-0.2, -0.15) is 0 Å². The van der Waals surface area contributed by atoms with Gasteiger partial charge in [0.2, 0.25) is 0 Å². The Kier molecular flexibility index (Phi) is 11.8. The molecule has 2 aromatic heterocycles. The topological polar surface area (TPSA) is 142 Å². The van der Waals surface area contributed by atoms with E-state index in [2.05, 4.69) is 18.1 Å². The number of carbonyl (C=O) groups is 2. The smallest absolute Gasteiger partial charge is 0.545 e. The third-order valence-corrected chi connectivity index (χ3v) is 2.65. The van der Waals surface area contributed by atoms with Crippen LogP contribution in [0.25, 0.3) is 11.2 Å². The van der Waals surface area contributed by atoms with Crippen molar-refractivity contribution in [3.63, 3.8) is 0 Å². The number of fused-ring (bicyclic) bond motifs is 1. The van der Waals surface area contributed by atoms with Gasteiger partial charge >= 0.3 is 54.6 Å². The van der Waals surface area contributed by atoms with Crippen LogP contribution in [0.3, 0.4) is 0 Å². The van der Waals surface area contributed by atoms with E-state index in [1.54, 1.807) is 18.7 Å². The Hall–Kier alpha value is -1.86. The molecule has 0 bridgehead atoms. The fraction of sp³-hybridized carbons (Fsp3) is 0.214. The maximum absolute atomic E-state index is 11.7. The Morgan fingerprint density at radius 3 is 1.80 bits per heavy atom. The minimum Gasteiger partial charge on any atom is -0.545 e. The number of carbonyl (C=O) groups excluding carboxylic acids is 2. The van der Waals surface area contributed by atoms with Crippen LogP contribution in [0.5, 0.6) is 0 Å². The zero-order valence-electron chi connectivity index (χ0n) is 14.1. The Labute approximate surface area is 182 Å². The molecule has 0 radical (unpaired) electrons. The summed E-state index contributed by atoms with van der Waals surface area (Å²) in [6, 6.07) is 0. The van der Waals surface area contributed by atoms with Crippen molar-refractivity contribution in [3.8, 4) is 0 Å². The Morgan fingerprint density at radius 1 is 1.04 bits per heavy atom. The van der Waals surface area contributed by atoms with Crippen LogP contribution < -0.4 is 21.5 Å². The fourth-order valence-corrected chi connectivity index (χ4v) is 1.47. The van der Waals surface area contributed by atoms with Crippen LogP contribution in [0.4, 0.5) is 0 Å². The zero-order chi connectivity index (χ0) is 19.0. The van der Waals surface area contributed by atoms with Gasteiger partial charge in [-0.1, -0.05) is 13.2 Å². The second kappa shape index (κ2) is 11.7. The number of carboxylic acid groups (broad SMARTS) is 2. The van der Waals surface area contributed by atoms with Crippen molar-refractivity contribution in [3.05, 3.63) is 52.5 Å². The van der Waals surface area contributed by atoms with Gasteiger partial charge in [0, 0.05) is 21.1 Å². The summed E-state index contributed by atoms with van der Waals surface area (Å²) in [4.78, 5) is 45.4. The number of carboxylic acids is 2. The van der Waals surface area contributed by atoms with Crippen LogP contribution in [0.15, 0.2) is 41.2 Å². The van der Waals surface area contributed by atoms with Gasteiger partial charge in [-0.15, -0.1) is 0 Å². The molecule has 0 spiro atoms. The normalized spacial score (nSPS) is 8.76. The first-order chi connectivity index (χ1) is 11.1. The molecular weight excluding hydrogens is 458 g/mol. The molecule has 0 aromatic carbocycles. The maximum Gasteiger partial charge on any atom is 2.00 e. The SMILES string of the molecule is C=CC(=O)[O-].C=CC(=O)[O-].Cn1c(=O)c2c(ncn2C)n(C)c1=O.[Ba+2]. The second-order valence-corrected chi connectivity index (χ2v) is 4.28. The number of hydrogen-bond donors (Lipinski definition) is 0. The first-order valence-electron chi connectivity index (χ1n) is 6.32. The van der Waals surface area contributed by atoms with E-state index in [1.165, 1.54) is 17.9 Å². The van der Waals surface area contributed by atoms with E-state index < -0.39 is 11.9 Å². The van der Waals surface area contributed by atoms with Gasteiger partial charge in [-0.3, -0.25) is 13.9 Å². The van der Waals surface area contributed by atoms with Crippen molar-refractivity contribution in [2.24, 2.45) is 21.1 Å². The molecule has 0 unspecified atom stereocenters. The maximum atomic E-state index is 11.7. The molecule has 0 aliphatic heterocycles. The summed E-state index contributed by atoms with van der Waals surface area (Å²) in [7, 11) is 4.77. The summed E-state index contributed by atoms with van der Waals surface area (Å²) >= 11 is 0. The second-order valence-electron chi connectivity index (χ2n) is 4.28. The zero-order valence-corrected chi connectivity index (χ0v) is 18.5. The van der Waals surface area contributed by atoms with Crippen LogP contribution in [0.2, 0.25) is 0 Å². The first kappa shape index (κ1) is 25.4. The average Bonchev–Trinajstić information content (AvgIpc) is 2.93. The number of rotatable bonds is 2. The molecule has 25 heavy (non-hydrogen) atoms. The van der Waals surface area contributed by atoms with Crippen molar-refractivity contribution >= 4 is 72.0 Å². The summed E-state index contributed by atoms with van der Waals surface area (Å²) in [5.41, 5.74) is 0.180. The van der Waals surface area contributed by atoms with Gasteiger partial charge in [0.25, 0.3) is 5.56 Å². The van der Waals surface area contributed by atoms with E-state index in [1.807, 2.05) is 0 Å². The van der Waals surface area contributed by atoms with Gasteiger partial charge < -0.3 is 24.4 Å². The quantitative estimate of drug-likeness (QED) is 0.324. The van der Waals surface area contributed by atoms with Crippen molar-refractivity contribution in [2.45, 2.75) is 0 Å². The molecule has 0 atom stereocenters. The van der Waals surface area contributed by atoms with E-state index in [4.69, 9.17) is 19.8 Å². The predicted molar refractivity (Wildman–Crippen MR) is 87.4 cm³/mol. The minimum absolute atomic E-state index is 0. The Morgan fingerprint density at radius 2 is 1.44 bits per heavy atom. The fourth-order valence-electron chi connectivity index (χ4n) is 1.47. The Bertz CT molecular complexity index is 875. The van der Waals surface area contributed by atoms with E-state index in [9.17, 15) is 9.59 Å². The third-order valence-electron chi connectivity index (χ3n) is 2.65. The van der Waals surface area contributed by atoms with Gasteiger partial charge in [0.05, 0.1) is 18.3 Å². The van der Waals surface area contributed by atoms with Gasteiger partial charge in [-0.05, 0) is 12.2 Å². The molecule has 2 aromatic rings. The minimum atomic E-state index is -1.23. The number of nitrogens with zero attached hydrogens (tertiary/aromatic N) is 4. The third kappa shape index (κ3) is 7.27. The van der Waals surface area contributed by atoms with E-state index in [-0.39, 0.29) is 60.1 Å². The van der Waals surface area contributed by atoms with Crippen molar-refractivity contribution in [1.29, 1.82) is 0 Å². The molecule has 0 N–H and O–H groups in total. The summed E-state index contributed by atoms with van der Waals surface area (Å²) in [6.45, 7) is 5.80. The number of imidazole rings is 1. The standard InChI is InChI=1S/C8H10N4O2.2C3H4O2.Ba/c1-10-4-9-6-5(10)7(13)12(3)8(14)11(6)2;2*1-2-3(4)5;/h4H,1-3H3;2*2H,1H2,(H,4,5);/q;;;+2/p-2. The van der Waals surface area contributed by atoms with Crippen LogP contribution in [-0.2, 0) is 30.7 Å². The van der Waals surface area contributed by atoms with E-state index >= 15 is 0 Å². The molecule has 10 nitrogen and oxygen atoms in total. The van der Waals surface area contributed by atoms with Crippen molar-refractivity contribution in [2.75, 3.05) is 0 Å². The largest absolute Gasteiger partial charge is 2.00 e. The molecule has 0 aliphatic carbocycles. The monoisotopic (exact) mass is 474 g/mol. The van der Waals surface area contributed by atoms with Gasteiger partial charge in [-0.25, -0.2) is 9.78 Å². The predicted octanol–water partition coefficient (Wildman–Crippen LogP) is -3.57. The molecule has 0 fully saturated rings. The van der Waals surface area contributed by atoms with E-state index in [0.29, 0.717) is 11.2 Å². The number of hydrogen-bond acceptors (Lipinski definition) is 7. The van der Waals surface area contributed by atoms with Gasteiger partial charge in [0.15, 0.2) is 11.2 Å². The molecule has 0 amide bonds. The summed E-state index contributed by atoms with van der Waals surface area (Å²) in [5.74, 6) is -2.46. The molecule has 0 saturated carbocycles. The van der Waals surface area contributed by atoms with Crippen LogP contribution in [-0.4, -0.2) is 79.5 Å². The molecule has 0 saturated heterocycles. The molecule has 2 rings (SSSR count). The number of aryl methyl sites for hydroxylation is 2. The average molecular weight is 474 g/mol. The molecule has 11 heteroatoms. The molecule has 130 valence electrons. The van der Waals surface area contributed by atoms with Crippen LogP contribution >= 0.6 is 0 Å². The summed E-state index contributed by atoms with van der Waals surface area (Å²) in [5, 5.41) is 18.3. The Balaban J connectivity index is 0. The summed E-state index contributed by atoms with van der Waals surface area (Å²) < 4.78 is 4.04. The van der Waals surface area contributed by atoms with Crippen LogP contribution in [0.1, 0.15) is 0 Å². The van der Waals surface area contributed by atoms with Crippen molar-refractivity contribution in [1.82, 2.24) is 18.7 Å². The van der Waals surface area contributed by atoms with E-state index in [0.717, 1.165) is 16.7 Å². The first-order valence-corrected chi connectivity index (χ1v) is 6.32.